The van der Waals surface area contributed by atoms with Gasteiger partial charge in [-0.25, -0.2) is 0 Å². The summed E-state index contributed by atoms with van der Waals surface area (Å²) in [6.45, 7) is 6.91. The number of amides is 1. The van der Waals surface area contributed by atoms with E-state index in [4.69, 9.17) is 0 Å². The van der Waals surface area contributed by atoms with Gasteiger partial charge in [0.25, 0.3) is 0 Å². The Morgan fingerprint density at radius 3 is 2.43 bits per heavy atom. The fraction of sp³-hybridized carbons (Fsp3) is 0.650. The van der Waals surface area contributed by atoms with Crippen LogP contribution in [0, 0.1) is 5.41 Å². The van der Waals surface area contributed by atoms with Gasteiger partial charge in [-0.2, -0.15) is 0 Å². The molecule has 1 aliphatic carbocycles. The molecule has 2 aliphatic heterocycles. The second-order valence-electron chi connectivity index (χ2n) is 8.56. The number of carbonyl (C=O) groups excluding carboxylic acids is 1. The third-order valence-corrected chi connectivity index (χ3v) is 6.61. The molecule has 1 amide bonds. The van der Waals surface area contributed by atoms with Crippen LogP contribution < -0.4 is 4.90 Å². The molecule has 1 unspecified atom stereocenters. The Balaban J connectivity index is 1.54. The maximum atomic E-state index is 13.0. The number of carbonyl (C=O) groups is 1. The van der Waals surface area contributed by atoms with Crippen molar-refractivity contribution >= 4 is 11.6 Å². The Morgan fingerprint density at radius 2 is 1.78 bits per heavy atom. The lowest BCUT2D eigenvalue weighted by molar-refractivity contribution is -0.124. The van der Waals surface area contributed by atoms with E-state index >= 15 is 0 Å². The molecule has 1 atom stereocenters. The van der Waals surface area contributed by atoms with Gasteiger partial charge in [0.2, 0.25) is 5.91 Å². The zero-order chi connectivity index (χ0) is 16.2. The molecule has 2 fully saturated rings. The standard InChI is InChI=1S/C20H28N2O/c1-19(2)9-8-15(14-19)22-12-10-20(11-13-22)16-6-4-5-7-17(16)21(3)18(20)23/h4-7,15H,8-14H2,1-3H3. The van der Waals surface area contributed by atoms with Gasteiger partial charge in [0.05, 0.1) is 5.41 Å². The van der Waals surface area contributed by atoms with Gasteiger partial charge in [0.1, 0.15) is 0 Å². The van der Waals surface area contributed by atoms with Gasteiger partial charge >= 0.3 is 0 Å². The first-order valence-corrected chi connectivity index (χ1v) is 9.05. The number of likely N-dealkylation sites (N-methyl/N-ethyl adjacent to an activating group) is 1. The summed E-state index contributed by atoms with van der Waals surface area (Å²) >= 11 is 0. The number of likely N-dealkylation sites (tertiary alicyclic amines) is 1. The minimum Gasteiger partial charge on any atom is -0.314 e. The predicted molar refractivity (Wildman–Crippen MR) is 93.8 cm³/mol. The van der Waals surface area contributed by atoms with Gasteiger partial charge in [-0.05, 0) is 62.2 Å². The first-order chi connectivity index (χ1) is 10.9. The Hall–Kier alpha value is -1.35. The molecule has 0 bridgehead atoms. The number of para-hydroxylation sites is 1. The normalized spacial score (nSPS) is 29.3. The summed E-state index contributed by atoms with van der Waals surface area (Å²) in [7, 11) is 1.93. The number of rotatable bonds is 1. The van der Waals surface area contributed by atoms with Gasteiger partial charge in [-0.15, -0.1) is 0 Å². The van der Waals surface area contributed by atoms with Crippen LogP contribution in [-0.2, 0) is 10.2 Å². The van der Waals surface area contributed by atoms with E-state index in [1.807, 2.05) is 18.0 Å². The molecule has 1 aromatic carbocycles. The maximum absolute atomic E-state index is 13.0. The highest BCUT2D eigenvalue weighted by molar-refractivity contribution is 6.07. The van der Waals surface area contributed by atoms with Gasteiger partial charge in [-0.1, -0.05) is 32.0 Å². The summed E-state index contributed by atoms with van der Waals surface area (Å²) in [5.41, 5.74) is 2.62. The highest BCUT2D eigenvalue weighted by atomic mass is 16.2. The number of fused-ring (bicyclic) bond motifs is 2. The molecule has 1 saturated carbocycles. The number of nitrogens with zero attached hydrogens (tertiary/aromatic N) is 2. The molecule has 1 spiro atoms. The molecule has 1 saturated heterocycles. The molecule has 3 heteroatoms. The van der Waals surface area contributed by atoms with E-state index in [2.05, 4.69) is 36.9 Å². The van der Waals surface area contributed by atoms with Crippen LogP contribution in [0.3, 0.4) is 0 Å². The van der Waals surface area contributed by atoms with Crippen molar-refractivity contribution in [3.63, 3.8) is 0 Å². The highest BCUT2D eigenvalue weighted by Gasteiger charge is 2.51. The second-order valence-corrected chi connectivity index (χ2v) is 8.56. The monoisotopic (exact) mass is 312 g/mol. The second kappa shape index (κ2) is 5.07. The van der Waals surface area contributed by atoms with Gasteiger partial charge in [0, 0.05) is 18.8 Å². The van der Waals surface area contributed by atoms with Gasteiger partial charge in [0.15, 0.2) is 0 Å². The molecule has 0 N–H and O–H groups in total. The molecule has 23 heavy (non-hydrogen) atoms. The highest BCUT2D eigenvalue weighted by Crippen LogP contribution is 2.48. The lowest BCUT2D eigenvalue weighted by Gasteiger charge is -2.41. The van der Waals surface area contributed by atoms with Crippen molar-refractivity contribution in [3.05, 3.63) is 29.8 Å². The minimum absolute atomic E-state index is 0.254. The SMILES string of the molecule is CN1C(=O)C2(CCN(C3CCC(C)(C)C3)CC2)c2ccccc21. The summed E-state index contributed by atoms with van der Waals surface area (Å²) in [5, 5.41) is 0. The van der Waals surface area contributed by atoms with Gasteiger partial charge < -0.3 is 9.80 Å². The molecule has 0 radical (unpaired) electrons. The van der Waals surface area contributed by atoms with Crippen molar-refractivity contribution in [3.8, 4) is 0 Å². The van der Waals surface area contributed by atoms with Crippen LogP contribution in [0.25, 0.3) is 0 Å². The van der Waals surface area contributed by atoms with Crippen LogP contribution in [0.5, 0.6) is 0 Å². The van der Waals surface area contributed by atoms with E-state index in [1.165, 1.54) is 24.8 Å². The van der Waals surface area contributed by atoms with Crippen LogP contribution >= 0.6 is 0 Å². The van der Waals surface area contributed by atoms with E-state index in [-0.39, 0.29) is 5.41 Å². The molecule has 4 rings (SSSR count). The van der Waals surface area contributed by atoms with Crippen molar-refractivity contribution in [2.75, 3.05) is 25.0 Å². The molecule has 3 nitrogen and oxygen atoms in total. The average Bonchev–Trinajstić information content (AvgIpc) is 3.01. The Kier molecular flexibility index (Phi) is 3.35. The largest absolute Gasteiger partial charge is 0.314 e. The maximum Gasteiger partial charge on any atom is 0.237 e. The summed E-state index contributed by atoms with van der Waals surface area (Å²) in [4.78, 5) is 17.5. The van der Waals surface area contributed by atoms with E-state index < -0.39 is 0 Å². The molecule has 1 aromatic rings. The molecular weight excluding hydrogens is 284 g/mol. The summed E-state index contributed by atoms with van der Waals surface area (Å²) in [5.74, 6) is 0.310. The number of benzene rings is 1. The van der Waals surface area contributed by atoms with Gasteiger partial charge in [-0.3, -0.25) is 4.79 Å². The van der Waals surface area contributed by atoms with Crippen LogP contribution in [0.4, 0.5) is 5.69 Å². The van der Waals surface area contributed by atoms with Crippen LogP contribution in [0.2, 0.25) is 0 Å². The zero-order valence-corrected chi connectivity index (χ0v) is 14.6. The fourth-order valence-electron chi connectivity index (χ4n) is 5.18. The molecule has 3 aliphatic rings. The topological polar surface area (TPSA) is 23.6 Å². The third kappa shape index (κ3) is 2.24. The summed E-state index contributed by atoms with van der Waals surface area (Å²) < 4.78 is 0. The number of piperidine rings is 1. The Labute approximate surface area is 139 Å². The zero-order valence-electron chi connectivity index (χ0n) is 14.6. The Bertz CT molecular complexity index is 628. The summed E-state index contributed by atoms with van der Waals surface area (Å²) in [6.07, 6.45) is 5.92. The van der Waals surface area contributed by atoms with E-state index in [0.717, 1.165) is 37.7 Å². The van der Waals surface area contributed by atoms with Crippen molar-refractivity contribution in [1.29, 1.82) is 0 Å². The van der Waals surface area contributed by atoms with Crippen molar-refractivity contribution < 1.29 is 4.79 Å². The van der Waals surface area contributed by atoms with Crippen LogP contribution in [-0.4, -0.2) is 37.0 Å². The fourth-order valence-corrected chi connectivity index (χ4v) is 5.18. The lowest BCUT2D eigenvalue weighted by Crippen LogP contribution is -2.50. The van der Waals surface area contributed by atoms with Crippen molar-refractivity contribution in [2.24, 2.45) is 5.41 Å². The van der Waals surface area contributed by atoms with E-state index in [1.54, 1.807) is 0 Å². The molecule has 124 valence electrons. The smallest absolute Gasteiger partial charge is 0.237 e. The Morgan fingerprint density at radius 1 is 1.09 bits per heavy atom. The number of hydrogen-bond acceptors (Lipinski definition) is 2. The average molecular weight is 312 g/mol. The minimum atomic E-state index is -0.254. The number of hydrogen-bond donors (Lipinski definition) is 0. The predicted octanol–water partition coefficient (Wildman–Crippen LogP) is 3.58. The first-order valence-electron chi connectivity index (χ1n) is 9.05. The lowest BCUT2D eigenvalue weighted by atomic mass is 9.73. The summed E-state index contributed by atoms with van der Waals surface area (Å²) in [6, 6.07) is 9.11. The van der Waals surface area contributed by atoms with E-state index in [9.17, 15) is 4.79 Å². The van der Waals surface area contributed by atoms with Crippen molar-refractivity contribution in [2.45, 2.75) is 57.4 Å². The quantitative estimate of drug-likeness (QED) is 0.791. The van der Waals surface area contributed by atoms with Crippen molar-refractivity contribution in [1.82, 2.24) is 4.90 Å². The van der Waals surface area contributed by atoms with Crippen LogP contribution in [0.15, 0.2) is 24.3 Å². The molecular formula is C20H28N2O. The number of anilines is 1. The molecule has 0 aromatic heterocycles. The third-order valence-electron chi connectivity index (χ3n) is 6.61. The van der Waals surface area contributed by atoms with E-state index in [0.29, 0.717) is 11.3 Å². The first kappa shape index (κ1) is 15.2. The molecule has 2 heterocycles. The van der Waals surface area contributed by atoms with Crippen LogP contribution in [0.1, 0.15) is 51.5 Å².